The van der Waals surface area contributed by atoms with Crippen molar-refractivity contribution in [3.05, 3.63) is 23.8 Å². The first-order chi connectivity index (χ1) is 17.6. The van der Waals surface area contributed by atoms with Crippen LogP contribution in [0.1, 0.15) is 109 Å². The number of hydrogen-bond donors (Lipinski definition) is 2. The van der Waals surface area contributed by atoms with E-state index in [0.29, 0.717) is 31.1 Å². The SMILES string of the molecule is CCCCCCCCCCCCCCCCOC(=O)CSCCC(=O)NCc1ccc(O)c(OC)c1. The van der Waals surface area contributed by atoms with E-state index >= 15 is 0 Å². The molecule has 0 heterocycles. The molecule has 0 atom stereocenters. The third-order valence-corrected chi connectivity index (χ3v) is 7.12. The van der Waals surface area contributed by atoms with Gasteiger partial charge in [-0.1, -0.05) is 96.5 Å². The van der Waals surface area contributed by atoms with E-state index in [-0.39, 0.29) is 23.4 Å². The molecule has 0 spiro atoms. The van der Waals surface area contributed by atoms with Crippen LogP contribution in [0.2, 0.25) is 0 Å². The molecule has 0 radical (unpaired) electrons. The van der Waals surface area contributed by atoms with Crippen molar-refractivity contribution in [2.75, 3.05) is 25.2 Å². The molecule has 0 saturated heterocycles. The highest BCUT2D eigenvalue weighted by Crippen LogP contribution is 2.26. The Kier molecular flexibility index (Phi) is 19.9. The summed E-state index contributed by atoms with van der Waals surface area (Å²) in [5.41, 5.74) is 0.845. The molecule has 6 nitrogen and oxygen atoms in total. The lowest BCUT2D eigenvalue weighted by atomic mass is 10.0. The van der Waals surface area contributed by atoms with Crippen LogP contribution in [-0.4, -0.2) is 42.2 Å². The second-order valence-electron chi connectivity index (χ2n) is 9.40. The van der Waals surface area contributed by atoms with Crippen LogP contribution in [-0.2, 0) is 20.9 Å². The monoisotopic (exact) mass is 523 g/mol. The van der Waals surface area contributed by atoms with Crippen LogP contribution in [0, 0.1) is 0 Å². The predicted molar refractivity (Wildman–Crippen MR) is 150 cm³/mol. The molecule has 0 bridgehead atoms. The topological polar surface area (TPSA) is 84.9 Å². The van der Waals surface area contributed by atoms with Gasteiger partial charge < -0.3 is 19.9 Å². The average molecular weight is 524 g/mol. The molecule has 0 aliphatic rings. The predicted octanol–water partition coefficient (Wildman–Crippen LogP) is 7.16. The fraction of sp³-hybridized carbons (Fsp3) is 0.724. The number of methoxy groups -OCH3 is 1. The van der Waals surface area contributed by atoms with Gasteiger partial charge in [-0.15, -0.1) is 11.8 Å². The van der Waals surface area contributed by atoms with Crippen LogP contribution in [0.25, 0.3) is 0 Å². The first kappa shape index (κ1) is 32.1. The Bertz CT molecular complexity index is 713. The van der Waals surface area contributed by atoms with Gasteiger partial charge in [-0.3, -0.25) is 9.59 Å². The van der Waals surface area contributed by atoms with Gasteiger partial charge in [0.25, 0.3) is 0 Å². The molecule has 1 aromatic carbocycles. The van der Waals surface area contributed by atoms with E-state index in [2.05, 4.69) is 12.2 Å². The van der Waals surface area contributed by atoms with Gasteiger partial charge in [0, 0.05) is 18.7 Å². The first-order valence-corrected chi connectivity index (χ1v) is 15.1. The molecule has 0 saturated carbocycles. The highest BCUT2D eigenvalue weighted by atomic mass is 32.2. The van der Waals surface area contributed by atoms with Crippen LogP contribution >= 0.6 is 11.8 Å². The van der Waals surface area contributed by atoms with Crippen molar-refractivity contribution in [1.82, 2.24) is 5.32 Å². The van der Waals surface area contributed by atoms with Crippen molar-refractivity contribution < 1.29 is 24.2 Å². The maximum absolute atomic E-state index is 12.0. The largest absolute Gasteiger partial charge is 0.504 e. The number of nitrogens with one attached hydrogen (secondary N) is 1. The van der Waals surface area contributed by atoms with Crippen LogP contribution in [0.4, 0.5) is 0 Å². The maximum atomic E-state index is 12.0. The van der Waals surface area contributed by atoms with E-state index in [1.165, 1.54) is 95.9 Å². The molecule has 2 N–H and O–H groups in total. The number of esters is 1. The second-order valence-corrected chi connectivity index (χ2v) is 10.5. The molecule has 0 fully saturated rings. The Morgan fingerprint density at radius 1 is 0.889 bits per heavy atom. The Balaban J connectivity index is 1.87. The van der Waals surface area contributed by atoms with Crippen molar-refractivity contribution in [2.45, 2.75) is 110 Å². The third kappa shape index (κ3) is 17.5. The van der Waals surface area contributed by atoms with Gasteiger partial charge in [-0.05, 0) is 24.1 Å². The molecule has 36 heavy (non-hydrogen) atoms. The molecule has 7 heteroatoms. The van der Waals surface area contributed by atoms with E-state index < -0.39 is 0 Å². The number of unbranched alkanes of at least 4 members (excludes halogenated alkanes) is 13. The average Bonchev–Trinajstić information content (AvgIpc) is 2.88. The van der Waals surface area contributed by atoms with Gasteiger partial charge in [-0.25, -0.2) is 0 Å². The third-order valence-electron chi connectivity index (χ3n) is 6.19. The van der Waals surface area contributed by atoms with E-state index in [0.717, 1.165) is 18.4 Å². The van der Waals surface area contributed by atoms with Gasteiger partial charge in [-0.2, -0.15) is 0 Å². The quantitative estimate of drug-likeness (QED) is 0.117. The lowest BCUT2D eigenvalue weighted by molar-refractivity contribution is -0.140. The summed E-state index contributed by atoms with van der Waals surface area (Å²) in [4.78, 5) is 23.8. The zero-order chi connectivity index (χ0) is 26.3. The number of thioether (sulfide) groups is 1. The lowest BCUT2D eigenvalue weighted by Crippen LogP contribution is -2.23. The minimum Gasteiger partial charge on any atom is -0.504 e. The molecule has 206 valence electrons. The highest BCUT2D eigenvalue weighted by Gasteiger charge is 2.07. The molecule has 1 aromatic rings. The fourth-order valence-electron chi connectivity index (χ4n) is 3.97. The molecular formula is C29H49NO5S. The Morgan fingerprint density at radius 2 is 1.47 bits per heavy atom. The normalized spacial score (nSPS) is 10.8. The molecule has 0 unspecified atom stereocenters. The Hall–Kier alpha value is -1.89. The molecule has 0 aromatic heterocycles. The molecular weight excluding hydrogens is 474 g/mol. The number of benzene rings is 1. The number of carbonyl (C=O) groups excluding carboxylic acids is 2. The van der Waals surface area contributed by atoms with Crippen LogP contribution in [0.15, 0.2) is 18.2 Å². The van der Waals surface area contributed by atoms with Gasteiger partial charge >= 0.3 is 5.97 Å². The van der Waals surface area contributed by atoms with Gasteiger partial charge in [0.05, 0.1) is 19.5 Å². The number of rotatable bonds is 23. The molecule has 0 aliphatic heterocycles. The number of hydrogen-bond acceptors (Lipinski definition) is 6. The number of aromatic hydroxyl groups is 1. The minimum atomic E-state index is -0.203. The maximum Gasteiger partial charge on any atom is 0.315 e. The minimum absolute atomic E-state index is 0.0696. The fourth-order valence-corrected chi connectivity index (χ4v) is 4.69. The van der Waals surface area contributed by atoms with Crippen molar-refractivity contribution in [3.63, 3.8) is 0 Å². The molecule has 1 amide bonds. The van der Waals surface area contributed by atoms with Gasteiger partial charge in [0.15, 0.2) is 11.5 Å². The number of phenolic OH excluding ortho intramolecular Hbond substituents is 1. The molecule has 0 aliphatic carbocycles. The summed E-state index contributed by atoms with van der Waals surface area (Å²) in [5.74, 6) is 1.02. The zero-order valence-corrected chi connectivity index (χ0v) is 23.5. The van der Waals surface area contributed by atoms with Crippen LogP contribution in [0.3, 0.4) is 0 Å². The Morgan fingerprint density at radius 3 is 2.06 bits per heavy atom. The lowest BCUT2D eigenvalue weighted by Gasteiger charge is -2.08. The summed E-state index contributed by atoms with van der Waals surface area (Å²) in [6.07, 6.45) is 18.7. The van der Waals surface area contributed by atoms with Crippen molar-refractivity contribution >= 4 is 23.6 Å². The van der Waals surface area contributed by atoms with Crippen LogP contribution in [0.5, 0.6) is 11.5 Å². The summed E-state index contributed by atoms with van der Waals surface area (Å²) in [5, 5.41) is 12.4. The number of ether oxygens (including phenoxy) is 2. The summed E-state index contributed by atoms with van der Waals surface area (Å²) in [6, 6.07) is 4.97. The van der Waals surface area contributed by atoms with Gasteiger partial charge in [0.1, 0.15) is 0 Å². The van der Waals surface area contributed by atoms with Crippen molar-refractivity contribution in [1.29, 1.82) is 0 Å². The Labute approximate surface area is 223 Å². The smallest absolute Gasteiger partial charge is 0.315 e. The van der Waals surface area contributed by atoms with E-state index in [4.69, 9.17) is 9.47 Å². The van der Waals surface area contributed by atoms with Gasteiger partial charge in [0.2, 0.25) is 5.91 Å². The van der Waals surface area contributed by atoms with Crippen molar-refractivity contribution in [3.8, 4) is 11.5 Å². The molecule has 1 rings (SSSR count). The van der Waals surface area contributed by atoms with E-state index in [1.54, 1.807) is 18.2 Å². The summed E-state index contributed by atoms with van der Waals surface area (Å²) >= 11 is 1.42. The summed E-state index contributed by atoms with van der Waals surface area (Å²) < 4.78 is 10.4. The van der Waals surface area contributed by atoms with E-state index in [9.17, 15) is 14.7 Å². The number of carbonyl (C=O) groups is 2. The summed E-state index contributed by atoms with van der Waals surface area (Å²) in [7, 11) is 1.49. The van der Waals surface area contributed by atoms with Crippen LogP contribution < -0.4 is 10.1 Å². The number of amides is 1. The second kappa shape index (κ2) is 22.3. The highest BCUT2D eigenvalue weighted by molar-refractivity contribution is 7.99. The van der Waals surface area contributed by atoms with Crippen molar-refractivity contribution in [2.24, 2.45) is 0 Å². The van der Waals surface area contributed by atoms with E-state index in [1.807, 2.05) is 0 Å². The standard InChI is InChI=1S/C29H49NO5S/c1-3-4-5-6-7-8-9-10-11-12-13-14-15-16-20-35-29(33)24-36-21-19-28(32)30-23-25-17-18-26(31)27(22-25)34-2/h17-18,22,31H,3-16,19-21,23-24H2,1-2H3,(H,30,32). The summed E-state index contributed by atoms with van der Waals surface area (Å²) in [6.45, 7) is 3.12. The zero-order valence-electron chi connectivity index (χ0n) is 22.7. The first-order valence-electron chi connectivity index (χ1n) is 13.9. The number of phenols is 1.